The summed E-state index contributed by atoms with van der Waals surface area (Å²) >= 11 is 5.92. The van der Waals surface area contributed by atoms with Crippen LogP contribution in [0.25, 0.3) is 0 Å². The number of anilines is 1. The second-order valence-electron chi connectivity index (χ2n) is 5.83. The van der Waals surface area contributed by atoms with Crippen molar-refractivity contribution in [2.24, 2.45) is 0 Å². The number of nitro benzene ring substituents is 1. The van der Waals surface area contributed by atoms with Crippen LogP contribution in [0.1, 0.15) is 20.3 Å². The van der Waals surface area contributed by atoms with Crippen molar-refractivity contribution in [3.8, 4) is 0 Å². The molecule has 0 radical (unpaired) electrons. The van der Waals surface area contributed by atoms with Gasteiger partial charge in [-0.1, -0.05) is 11.6 Å². The zero-order chi connectivity index (χ0) is 19.7. The molecule has 0 aliphatic heterocycles. The first-order valence-corrected chi connectivity index (χ1v) is 8.77. The molecule has 26 heavy (non-hydrogen) atoms. The van der Waals surface area contributed by atoms with Gasteiger partial charge in [0.1, 0.15) is 19.1 Å². The molecule has 4 N–H and O–H groups in total. The SMILES string of the molecule is CC[NH+](CC)CC[NH2+][C@H](CC(=O)Nc1cc([N+](=O)[O-])ccc1Cl)C(=O)[O-]. The molecule has 1 rings (SSSR count). The maximum atomic E-state index is 12.1. The summed E-state index contributed by atoms with van der Waals surface area (Å²) < 4.78 is 0. The Morgan fingerprint density at radius 2 is 2.00 bits per heavy atom. The molecule has 0 heterocycles. The van der Waals surface area contributed by atoms with E-state index >= 15 is 0 Å². The number of non-ortho nitro benzene ring substituents is 1. The van der Waals surface area contributed by atoms with E-state index in [-0.39, 0.29) is 22.8 Å². The third-order valence-corrected chi connectivity index (χ3v) is 4.42. The Morgan fingerprint density at radius 3 is 2.54 bits per heavy atom. The van der Waals surface area contributed by atoms with Crippen molar-refractivity contribution in [3.05, 3.63) is 33.3 Å². The zero-order valence-corrected chi connectivity index (χ0v) is 15.5. The third-order valence-electron chi connectivity index (χ3n) is 4.09. The standard InChI is InChI=1S/C16H23ClN4O5/c1-3-20(4-2)8-7-18-14(16(23)24)10-15(22)19-13-9-11(21(25)26)5-6-12(13)17/h5-6,9,14,18H,3-4,7-8,10H2,1-2H3,(H,19,22)(H,23,24)/p+1/t14-/m1/s1. The molecule has 0 fully saturated rings. The van der Waals surface area contributed by atoms with Gasteiger partial charge in [0.15, 0.2) is 0 Å². The second kappa shape index (κ2) is 10.7. The number of likely N-dealkylation sites (N-methyl/N-ethyl adjacent to an activating group) is 1. The number of nitrogens with one attached hydrogen (secondary N) is 2. The molecule has 0 aliphatic rings. The van der Waals surface area contributed by atoms with Gasteiger partial charge in [-0.25, -0.2) is 0 Å². The smallest absolute Gasteiger partial charge is 0.271 e. The molecule has 1 amide bonds. The molecule has 0 aromatic heterocycles. The van der Waals surface area contributed by atoms with Crippen molar-refractivity contribution in [1.82, 2.24) is 0 Å². The Labute approximate surface area is 156 Å². The topological polar surface area (TPSA) is 133 Å². The van der Waals surface area contributed by atoms with E-state index in [0.717, 1.165) is 25.7 Å². The maximum absolute atomic E-state index is 12.1. The van der Waals surface area contributed by atoms with Crippen LogP contribution in [0.3, 0.4) is 0 Å². The Balaban J connectivity index is 2.66. The summed E-state index contributed by atoms with van der Waals surface area (Å²) in [4.78, 5) is 34.9. The third kappa shape index (κ3) is 6.95. The van der Waals surface area contributed by atoms with Crippen LogP contribution in [0.5, 0.6) is 0 Å². The molecule has 9 nitrogen and oxygen atoms in total. The largest absolute Gasteiger partial charge is 0.544 e. The Morgan fingerprint density at radius 1 is 1.35 bits per heavy atom. The summed E-state index contributed by atoms with van der Waals surface area (Å²) in [5, 5.41) is 26.2. The van der Waals surface area contributed by atoms with Gasteiger partial charge in [0.2, 0.25) is 5.91 Å². The summed E-state index contributed by atoms with van der Waals surface area (Å²) in [6.07, 6.45) is -0.324. The maximum Gasteiger partial charge on any atom is 0.271 e. The summed E-state index contributed by atoms with van der Waals surface area (Å²) in [6.45, 7) is 7.28. The molecule has 1 aromatic carbocycles. The predicted octanol–water partition coefficient (Wildman–Crippen LogP) is -1.82. The molecule has 10 heteroatoms. The number of nitrogens with zero attached hydrogens (tertiary/aromatic N) is 1. The second-order valence-corrected chi connectivity index (χ2v) is 6.24. The van der Waals surface area contributed by atoms with E-state index in [1.807, 2.05) is 13.8 Å². The fourth-order valence-corrected chi connectivity index (χ4v) is 2.64. The van der Waals surface area contributed by atoms with Gasteiger partial charge in [0.25, 0.3) is 5.69 Å². The molecule has 144 valence electrons. The van der Waals surface area contributed by atoms with E-state index in [4.69, 9.17) is 11.6 Å². The lowest BCUT2D eigenvalue weighted by Gasteiger charge is -2.19. The summed E-state index contributed by atoms with van der Waals surface area (Å²) in [6, 6.07) is 2.60. The number of hydrogen-bond acceptors (Lipinski definition) is 5. The van der Waals surface area contributed by atoms with E-state index in [0.29, 0.717) is 6.54 Å². The number of benzene rings is 1. The van der Waals surface area contributed by atoms with Gasteiger partial charge < -0.3 is 25.4 Å². The zero-order valence-electron chi connectivity index (χ0n) is 14.8. The van der Waals surface area contributed by atoms with Crippen LogP contribution in [0.15, 0.2) is 18.2 Å². The first kappa shape index (κ1) is 21.8. The number of amides is 1. The Hall–Kier alpha value is -2.23. The van der Waals surface area contributed by atoms with Gasteiger partial charge in [-0.2, -0.15) is 0 Å². The first-order valence-electron chi connectivity index (χ1n) is 8.40. The van der Waals surface area contributed by atoms with Crippen molar-refractivity contribution in [1.29, 1.82) is 0 Å². The average molecular weight is 388 g/mol. The number of carbonyl (C=O) groups is 2. The van der Waals surface area contributed by atoms with Gasteiger partial charge in [-0.05, 0) is 19.9 Å². The molecular formula is C16H24ClN4O5+. The van der Waals surface area contributed by atoms with Crippen LogP contribution < -0.4 is 20.6 Å². The van der Waals surface area contributed by atoms with Gasteiger partial charge in [0, 0.05) is 12.1 Å². The monoisotopic (exact) mass is 387 g/mol. The number of halogens is 1. The van der Waals surface area contributed by atoms with E-state index in [9.17, 15) is 24.8 Å². The van der Waals surface area contributed by atoms with E-state index in [2.05, 4.69) is 5.32 Å². The highest BCUT2D eigenvalue weighted by molar-refractivity contribution is 6.33. The molecule has 1 aromatic rings. The van der Waals surface area contributed by atoms with Crippen LogP contribution in [-0.4, -0.2) is 49.0 Å². The lowest BCUT2D eigenvalue weighted by molar-refractivity contribution is -0.910. The van der Waals surface area contributed by atoms with Gasteiger partial charge in [-0.3, -0.25) is 14.9 Å². The van der Waals surface area contributed by atoms with Crippen LogP contribution in [-0.2, 0) is 9.59 Å². The van der Waals surface area contributed by atoms with Crippen molar-refractivity contribution >= 4 is 34.9 Å². The van der Waals surface area contributed by atoms with Crippen LogP contribution in [0.4, 0.5) is 11.4 Å². The van der Waals surface area contributed by atoms with Crippen molar-refractivity contribution in [2.75, 3.05) is 31.5 Å². The number of aliphatic carboxylic acids is 1. The van der Waals surface area contributed by atoms with E-state index in [1.54, 1.807) is 5.32 Å². The number of carboxylic acids is 1. The fourth-order valence-electron chi connectivity index (χ4n) is 2.48. The van der Waals surface area contributed by atoms with Crippen LogP contribution in [0.2, 0.25) is 5.02 Å². The van der Waals surface area contributed by atoms with Crippen LogP contribution >= 0.6 is 11.6 Å². The predicted molar refractivity (Wildman–Crippen MR) is 93.9 cm³/mol. The van der Waals surface area contributed by atoms with Gasteiger partial charge in [0.05, 0.1) is 41.1 Å². The van der Waals surface area contributed by atoms with Gasteiger partial charge >= 0.3 is 0 Å². The van der Waals surface area contributed by atoms with Crippen LogP contribution in [0, 0.1) is 10.1 Å². The van der Waals surface area contributed by atoms with E-state index in [1.165, 1.54) is 17.0 Å². The normalized spacial score (nSPS) is 12.0. The highest BCUT2D eigenvalue weighted by Gasteiger charge is 2.20. The average Bonchev–Trinajstić information content (AvgIpc) is 2.59. The van der Waals surface area contributed by atoms with Gasteiger partial charge in [-0.15, -0.1) is 0 Å². The molecule has 0 saturated heterocycles. The lowest BCUT2D eigenvalue weighted by Crippen LogP contribution is -3.14. The minimum absolute atomic E-state index is 0.0653. The minimum atomic E-state index is -1.33. The number of hydrogen-bond donors (Lipinski definition) is 3. The molecule has 0 spiro atoms. The Kier molecular flexibility index (Phi) is 8.97. The number of nitro groups is 1. The fraction of sp³-hybridized carbons (Fsp3) is 0.500. The quantitative estimate of drug-likeness (QED) is 0.304. The van der Waals surface area contributed by atoms with Crippen molar-refractivity contribution in [2.45, 2.75) is 26.3 Å². The van der Waals surface area contributed by atoms with E-state index < -0.39 is 22.8 Å². The van der Waals surface area contributed by atoms with Crippen molar-refractivity contribution < 1.29 is 29.8 Å². The molecule has 0 saturated carbocycles. The first-order chi connectivity index (χ1) is 12.3. The minimum Gasteiger partial charge on any atom is -0.544 e. The summed E-state index contributed by atoms with van der Waals surface area (Å²) in [5.41, 5.74) is -0.162. The molecule has 1 atom stereocenters. The highest BCUT2D eigenvalue weighted by atomic mass is 35.5. The molecule has 0 aliphatic carbocycles. The molecule has 0 unspecified atom stereocenters. The number of rotatable bonds is 11. The number of carboxylic acid groups (broad SMARTS) is 1. The molecular weight excluding hydrogens is 364 g/mol. The summed E-state index contributed by atoms with van der Waals surface area (Å²) in [7, 11) is 0. The lowest BCUT2D eigenvalue weighted by atomic mass is 10.2. The number of nitrogens with two attached hydrogens (primary N) is 1. The Bertz CT molecular complexity index is 652. The van der Waals surface area contributed by atoms with Crippen molar-refractivity contribution in [3.63, 3.8) is 0 Å². The summed E-state index contributed by atoms with van der Waals surface area (Å²) in [5.74, 6) is -1.94. The number of quaternary nitrogens is 2. The highest BCUT2D eigenvalue weighted by Crippen LogP contribution is 2.26. The molecule has 0 bridgehead atoms. The number of carbonyl (C=O) groups excluding carboxylic acids is 2.